The van der Waals surface area contributed by atoms with Crippen LogP contribution in [0.15, 0.2) is 42.5 Å². The van der Waals surface area contributed by atoms with E-state index in [0.717, 1.165) is 11.1 Å². The molecular weight excluding hydrogens is 232 g/mol. The van der Waals surface area contributed by atoms with Crippen LogP contribution in [0.25, 0.3) is 0 Å². The zero-order valence-corrected chi connectivity index (χ0v) is 10.7. The molecule has 0 aliphatic rings. The van der Waals surface area contributed by atoms with Crippen LogP contribution < -0.4 is 0 Å². The molecule has 2 aromatic carbocycles. The molecule has 88 valence electrons. The van der Waals surface area contributed by atoms with E-state index in [4.69, 9.17) is 11.6 Å². The minimum absolute atomic E-state index is 0.591. The average molecular weight is 247 g/mol. The van der Waals surface area contributed by atoms with Gasteiger partial charge in [-0.2, -0.15) is 0 Å². The van der Waals surface area contributed by atoms with E-state index in [2.05, 4.69) is 6.92 Å². The molecule has 0 heterocycles. The SMILES string of the molecule is Cc1ccc([C@@H](O)c2ccc(Cl)cc2)cc1C. The summed E-state index contributed by atoms with van der Waals surface area (Å²) in [5.74, 6) is 0. The summed E-state index contributed by atoms with van der Waals surface area (Å²) in [7, 11) is 0. The minimum Gasteiger partial charge on any atom is -0.384 e. The highest BCUT2D eigenvalue weighted by molar-refractivity contribution is 6.30. The molecule has 1 nitrogen and oxygen atoms in total. The van der Waals surface area contributed by atoms with Crippen molar-refractivity contribution in [2.75, 3.05) is 0 Å². The van der Waals surface area contributed by atoms with Crippen molar-refractivity contribution < 1.29 is 5.11 Å². The average Bonchev–Trinajstić information content (AvgIpc) is 2.33. The van der Waals surface area contributed by atoms with Gasteiger partial charge >= 0.3 is 0 Å². The largest absolute Gasteiger partial charge is 0.384 e. The van der Waals surface area contributed by atoms with E-state index in [9.17, 15) is 5.11 Å². The smallest absolute Gasteiger partial charge is 0.104 e. The second kappa shape index (κ2) is 4.91. The molecule has 1 atom stereocenters. The van der Waals surface area contributed by atoms with Crippen LogP contribution >= 0.6 is 11.6 Å². The van der Waals surface area contributed by atoms with E-state index < -0.39 is 6.10 Å². The second-order valence-corrected chi connectivity index (χ2v) is 4.73. The summed E-state index contributed by atoms with van der Waals surface area (Å²) in [5, 5.41) is 10.9. The fraction of sp³-hybridized carbons (Fsp3) is 0.200. The molecule has 0 aromatic heterocycles. The topological polar surface area (TPSA) is 20.2 Å². The Hall–Kier alpha value is -1.31. The molecule has 0 fully saturated rings. The van der Waals surface area contributed by atoms with Crippen LogP contribution in [0.1, 0.15) is 28.4 Å². The fourth-order valence-electron chi connectivity index (χ4n) is 1.77. The van der Waals surface area contributed by atoms with Gasteiger partial charge in [-0.15, -0.1) is 0 Å². The Balaban J connectivity index is 2.33. The van der Waals surface area contributed by atoms with Crippen molar-refractivity contribution in [3.05, 3.63) is 69.7 Å². The van der Waals surface area contributed by atoms with Gasteiger partial charge in [-0.3, -0.25) is 0 Å². The lowest BCUT2D eigenvalue weighted by molar-refractivity contribution is 0.220. The van der Waals surface area contributed by atoms with Crippen molar-refractivity contribution >= 4 is 11.6 Å². The summed E-state index contributed by atoms with van der Waals surface area (Å²) in [4.78, 5) is 0. The summed E-state index contributed by atoms with van der Waals surface area (Å²) in [6, 6.07) is 13.3. The Bertz CT molecular complexity index is 517. The van der Waals surface area contributed by atoms with Crippen LogP contribution in [0.2, 0.25) is 5.02 Å². The molecule has 0 bridgehead atoms. The summed E-state index contributed by atoms with van der Waals surface area (Å²) in [6.07, 6.45) is -0.591. The molecule has 1 N–H and O–H groups in total. The Labute approximate surface area is 107 Å². The molecule has 0 unspecified atom stereocenters. The summed E-state index contributed by atoms with van der Waals surface area (Å²) in [5.41, 5.74) is 4.20. The van der Waals surface area contributed by atoms with Crippen molar-refractivity contribution in [2.24, 2.45) is 0 Å². The van der Waals surface area contributed by atoms with Gasteiger partial charge in [0.05, 0.1) is 0 Å². The van der Waals surface area contributed by atoms with E-state index in [0.29, 0.717) is 5.02 Å². The van der Waals surface area contributed by atoms with E-state index in [-0.39, 0.29) is 0 Å². The van der Waals surface area contributed by atoms with Gasteiger partial charge in [0.1, 0.15) is 6.10 Å². The number of rotatable bonds is 2. The van der Waals surface area contributed by atoms with E-state index in [1.807, 2.05) is 37.3 Å². The highest BCUT2D eigenvalue weighted by atomic mass is 35.5. The van der Waals surface area contributed by atoms with Crippen LogP contribution in [-0.2, 0) is 0 Å². The van der Waals surface area contributed by atoms with Crippen LogP contribution in [0.3, 0.4) is 0 Å². The monoisotopic (exact) mass is 246 g/mol. The third-order valence-electron chi connectivity index (χ3n) is 3.03. The van der Waals surface area contributed by atoms with Gasteiger partial charge in [0.2, 0.25) is 0 Å². The minimum atomic E-state index is -0.591. The van der Waals surface area contributed by atoms with Gasteiger partial charge in [0.25, 0.3) is 0 Å². The lowest BCUT2D eigenvalue weighted by Gasteiger charge is -2.13. The van der Waals surface area contributed by atoms with Crippen molar-refractivity contribution in [3.8, 4) is 0 Å². The highest BCUT2D eigenvalue weighted by Gasteiger charge is 2.10. The molecular formula is C15H15ClO. The van der Waals surface area contributed by atoms with E-state index in [1.54, 1.807) is 12.1 Å². The van der Waals surface area contributed by atoms with Gasteiger partial charge in [-0.1, -0.05) is 41.9 Å². The van der Waals surface area contributed by atoms with E-state index >= 15 is 0 Å². The molecule has 0 aliphatic carbocycles. The second-order valence-electron chi connectivity index (χ2n) is 4.30. The number of aryl methyl sites for hydroxylation is 2. The number of aliphatic hydroxyl groups excluding tert-OH is 1. The van der Waals surface area contributed by atoms with E-state index in [1.165, 1.54) is 11.1 Å². The van der Waals surface area contributed by atoms with Gasteiger partial charge < -0.3 is 5.11 Å². The molecule has 0 amide bonds. The zero-order chi connectivity index (χ0) is 12.4. The fourth-order valence-corrected chi connectivity index (χ4v) is 1.90. The van der Waals surface area contributed by atoms with Crippen molar-refractivity contribution in [1.82, 2.24) is 0 Å². The first-order valence-corrected chi connectivity index (χ1v) is 5.96. The predicted molar refractivity (Wildman–Crippen MR) is 71.4 cm³/mol. The number of aliphatic hydroxyl groups is 1. The normalized spacial score (nSPS) is 12.5. The first-order valence-electron chi connectivity index (χ1n) is 5.58. The molecule has 0 saturated carbocycles. The summed E-state index contributed by atoms with van der Waals surface area (Å²) < 4.78 is 0. The maximum atomic E-state index is 10.3. The molecule has 0 radical (unpaired) electrons. The standard InChI is InChI=1S/C15H15ClO/c1-10-3-4-13(9-11(10)2)15(17)12-5-7-14(16)8-6-12/h3-9,15,17H,1-2H3/t15-/m0/s1. The summed E-state index contributed by atoms with van der Waals surface area (Å²) in [6.45, 7) is 4.11. The number of halogens is 1. The van der Waals surface area contributed by atoms with Crippen molar-refractivity contribution in [2.45, 2.75) is 20.0 Å². The number of hydrogen-bond donors (Lipinski definition) is 1. The lowest BCUT2D eigenvalue weighted by atomic mass is 9.98. The van der Waals surface area contributed by atoms with Crippen LogP contribution in [0, 0.1) is 13.8 Å². The van der Waals surface area contributed by atoms with Crippen molar-refractivity contribution in [3.63, 3.8) is 0 Å². The maximum Gasteiger partial charge on any atom is 0.104 e. The van der Waals surface area contributed by atoms with Gasteiger partial charge in [-0.05, 0) is 48.2 Å². The molecule has 0 spiro atoms. The molecule has 2 rings (SSSR count). The first kappa shape index (κ1) is 12.2. The van der Waals surface area contributed by atoms with Crippen LogP contribution in [-0.4, -0.2) is 5.11 Å². The molecule has 2 aromatic rings. The Morgan fingerprint density at radius 1 is 0.882 bits per heavy atom. The number of hydrogen-bond acceptors (Lipinski definition) is 1. The van der Waals surface area contributed by atoms with Crippen molar-refractivity contribution in [1.29, 1.82) is 0 Å². The van der Waals surface area contributed by atoms with Gasteiger partial charge in [0, 0.05) is 5.02 Å². The summed E-state index contributed by atoms with van der Waals surface area (Å²) >= 11 is 5.83. The molecule has 2 heteroatoms. The maximum absolute atomic E-state index is 10.3. The van der Waals surface area contributed by atoms with Gasteiger partial charge in [0.15, 0.2) is 0 Å². The van der Waals surface area contributed by atoms with Gasteiger partial charge in [-0.25, -0.2) is 0 Å². The van der Waals surface area contributed by atoms with Crippen LogP contribution in [0.5, 0.6) is 0 Å². The number of benzene rings is 2. The molecule has 0 saturated heterocycles. The lowest BCUT2D eigenvalue weighted by Crippen LogP contribution is -2.00. The molecule has 0 aliphatic heterocycles. The third-order valence-corrected chi connectivity index (χ3v) is 3.28. The quantitative estimate of drug-likeness (QED) is 0.848. The van der Waals surface area contributed by atoms with Crippen LogP contribution in [0.4, 0.5) is 0 Å². The third kappa shape index (κ3) is 2.68. The zero-order valence-electron chi connectivity index (χ0n) is 9.94. The predicted octanol–water partition coefficient (Wildman–Crippen LogP) is 4.04. The first-order chi connectivity index (χ1) is 8.08. The highest BCUT2D eigenvalue weighted by Crippen LogP contribution is 2.24. The Morgan fingerprint density at radius 3 is 2.06 bits per heavy atom. The molecule has 17 heavy (non-hydrogen) atoms. The Morgan fingerprint density at radius 2 is 1.47 bits per heavy atom. The Kier molecular flexibility index (Phi) is 3.51.